The van der Waals surface area contributed by atoms with Crippen LogP contribution in [0.2, 0.25) is 0 Å². The van der Waals surface area contributed by atoms with Crippen LogP contribution in [0.25, 0.3) is 0 Å². The first kappa shape index (κ1) is 16.7. The van der Waals surface area contributed by atoms with Gasteiger partial charge >= 0.3 is 0 Å². The molecule has 5 rings (SSSR count). The Hall–Kier alpha value is -2.44. The van der Waals surface area contributed by atoms with Gasteiger partial charge in [0.15, 0.2) is 11.5 Å². The highest BCUT2D eigenvalue weighted by molar-refractivity contribution is 5.65. The summed E-state index contributed by atoms with van der Waals surface area (Å²) >= 11 is 0. The second-order valence-electron chi connectivity index (χ2n) is 7.42. The van der Waals surface area contributed by atoms with E-state index >= 15 is 0 Å². The summed E-state index contributed by atoms with van der Waals surface area (Å²) in [6.07, 6.45) is 0.286. The molecule has 6 nitrogen and oxygen atoms in total. The normalized spacial score (nSPS) is 24.7. The summed E-state index contributed by atoms with van der Waals surface area (Å²) in [6.45, 7) is 4.71. The molecule has 0 saturated carbocycles. The van der Waals surface area contributed by atoms with E-state index in [1.807, 2.05) is 18.2 Å². The number of aromatic hydroxyl groups is 1. The number of piperazine rings is 1. The van der Waals surface area contributed by atoms with E-state index < -0.39 is 6.10 Å². The molecule has 27 heavy (non-hydrogen) atoms. The van der Waals surface area contributed by atoms with E-state index in [4.69, 9.17) is 9.47 Å². The second kappa shape index (κ2) is 6.62. The van der Waals surface area contributed by atoms with Crippen LogP contribution in [0.1, 0.15) is 17.2 Å². The number of fused-ring (bicyclic) bond motifs is 2. The lowest BCUT2D eigenvalue weighted by molar-refractivity contribution is 0.0570. The monoisotopic (exact) mass is 368 g/mol. The molecule has 3 aliphatic rings. The lowest BCUT2D eigenvalue weighted by Crippen LogP contribution is -2.51. The Labute approximate surface area is 158 Å². The molecule has 2 heterocycles. The molecule has 142 valence electrons. The lowest BCUT2D eigenvalue weighted by atomic mass is 10.1. The number of aliphatic hydroxyl groups excluding tert-OH is 1. The highest BCUT2D eigenvalue weighted by Gasteiger charge is 2.37. The summed E-state index contributed by atoms with van der Waals surface area (Å²) in [5, 5.41) is 20.5. The maximum absolute atomic E-state index is 10.8. The van der Waals surface area contributed by atoms with Crippen LogP contribution in [0.3, 0.4) is 0 Å². The average Bonchev–Trinajstić information content (AvgIpc) is 3.04. The molecule has 1 aliphatic carbocycles. The predicted molar refractivity (Wildman–Crippen MR) is 102 cm³/mol. The SMILES string of the molecule is Oc1ccc2c(c1)[C@@H](O)[C@@H](N1CCN(c3cccc4c3OCCO4)CC1)C2. The van der Waals surface area contributed by atoms with Gasteiger partial charge in [-0.25, -0.2) is 0 Å². The topological polar surface area (TPSA) is 65.4 Å². The van der Waals surface area contributed by atoms with Gasteiger partial charge in [0, 0.05) is 32.2 Å². The Kier molecular flexibility index (Phi) is 4.10. The Morgan fingerprint density at radius 3 is 2.63 bits per heavy atom. The number of ether oxygens (including phenoxy) is 2. The summed E-state index contributed by atoms with van der Waals surface area (Å²) in [5.74, 6) is 1.89. The molecule has 0 unspecified atom stereocenters. The van der Waals surface area contributed by atoms with E-state index in [2.05, 4.69) is 15.9 Å². The summed E-state index contributed by atoms with van der Waals surface area (Å²) in [4.78, 5) is 4.70. The molecule has 0 amide bonds. The summed E-state index contributed by atoms with van der Waals surface area (Å²) in [6, 6.07) is 11.5. The fraction of sp³-hybridized carbons (Fsp3) is 0.429. The molecule has 2 aliphatic heterocycles. The number of phenolic OH excluding ortho intramolecular Hbond substituents is 1. The van der Waals surface area contributed by atoms with Crippen molar-refractivity contribution in [2.45, 2.75) is 18.6 Å². The Morgan fingerprint density at radius 1 is 0.963 bits per heavy atom. The van der Waals surface area contributed by atoms with Gasteiger partial charge in [-0.1, -0.05) is 12.1 Å². The third-order valence-electron chi connectivity index (χ3n) is 5.91. The average molecular weight is 368 g/mol. The maximum Gasteiger partial charge on any atom is 0.184 e. The van der Waals surface area contributed by atoms with E-state index in [9.17, 15) is 10.2 Å². The zero-order valence-electron chi connectivity index (χ0n) is 15.2. The van der Waals surface area contributed by atoms with E-state index in [-0.39, 0.29) is 11.8 Å². The van der Waals surface area contributed by atoms with Crippen LogP contribution in [-0.4, -0.2) is 60.5 Å². The number of rotatable bonds is 2. The van der Waals surface area contributed by atoms with Gasteiger partial charge in [-0.2, -0.15) is 0 Å². The minimum absolute atomic E-state index is 0.0771. The summed E-state index contributed by atoms with van der Waals surface area (Å²) in [5.41, 5.74) is 3.09. The quantitative estimate of drug-likeness (QED) is 0.845. The van der Waals surface area contributed by atoms with Crippen molar-refractivity contribution in [2.24, 2.45) is 0 Å². The van der Waals surface area contributed by atoms with Crippen molar-refractivity contribution in [3.63, 3.8) is 0 Å². The number of para-hydroxylation sites is 1. The summed E-state index contributed by atoms with van der Waals surface area (Å²) in [7, 11) is 0. The third kappa shape index (κ3) is 2.89. The van der Waals surface area contributed by atoms with Crippen molar-refractivity contribution in [3.05, 3.63) is 47.5 Å². The van der Waals surface area contributed by atoms with Crippen LogP contribution in [0.4, 0.5) is 5.69 Å². The minimum Gasteiger partial charge on any atom is -0.508 e. The molecule has 0 radical (unpaired) electrons. The van der Waals surface area contributed by atoms with Crippen molar-refractivity contribution >= 4 is 5.69 Å². The molecule has 2 N–H and O–H groups in total. The molecule has 1 fully saturated rings. The molecule has 2 atom stereocenters. The number of anilines is 1. The van der Waals surface area contributed by atoms with Crippen LogP contribution in [-0.2, 0) is 6.42 Å². The number of nitrogens with zero attached hydrogens (tertiary/aromatic N) is 2. The zero-order valence-corrected chi connectivity index (χ0v) is 15.2. The molecule has 0 aromatic heterocycles. The number of benzene rings is 2. The van der Waals surface area contributed by atoms with Gasteiger partial charge in [0.2, 0.25) is 0 Å². The molecular weight excluding hydrogens is 344 g/mol. The van der Waals surface area contributed by atoms with Gasteiger partial charge in [-0.15, -0.1) is 0 Å². The summed E-state index contributed by atoms with van der Waals surface area (Å²) < 4.78 is 11.6. The highest BCUT2D eigenvalue weighted by Crippen LogP contribution is 2.41. The van der Waals surface area contributed by atoms with Crippen molar-refractivity contribution in [1.29, 1.82) is 0 Å². The molecule has 0 spiro atoms. The van der Waals surface area contributed by atoms with Crippen LogP contribution < -0.4 is 14.4 Å². The Bertz CT molecular complexity index is 848. The van der Waals surface area contributed by atoms with Gasteiger partial charge < -0.3 is 24.6 Å². The second-order valence-corrected chi connectivity index (χ2v) is 7.42. The third-order valence-corrected chi connectivity index (χ3v) is 5.91. The van der Waals surface area contributed by atoms with Crippen LogP contribution in [0.15, 0.2) is 36.4 Å². The van der Waals surface area contributed by atoms with Crippen molar-refractivity contribution in [1.82, 2.24) is 4.90 Å². The fourth-order valence-electron chi connectivity index (χ4n) is 4.52. The maximum atomic E-state index is 10.8. The minimum atomic E-state index is -0.542. The van der Waals surface area contributed by atoms with E-state index in [1.54, 1.807) is 12.1 Å². The van der Waals surface area contributed by atoms with E-state index in [1.165, 1.54) is 0 Å². The first-order chi connectivity index (χ1) is 13.2. The van der Waals surface area contributed by atoms with Gasteiger partial charge in [-0.3, -0.25) is 4.90 Å². The molecule has 6 heteroatoms. The van der Waals surface area contributed by atoms with Gasteiger partial charge in [0.05, 0.1) is 11.8 Å². The molecule has 2 aromatic rings. The van der Waals surface area contributed by atoms with E-state index in [0.29, 0.717) is 13.2 Å². The molecule has 1 saturated heterocycles. The highest BCUT2D eigenvalue weighted by atomic mass is 16.6. The zero-order chi connectivity index (χ0) is 18.4. The van der Waals surface area contributed by atoms with Crippen LogP contribution in [0, 0.1) is 0 Å². The van der Waals surface area contributed by atoms with Crippen molar-refractivity contribution in [2.75, 3.05) is 44.3 Å². The number of hydrogen-bond acceptors (Lipinski definition) is 6. The predicted octanol–water partition coefficient (Wildman–Crippen LogP) is 1.94. The van der Waals surface area contributed by atoms with E-state index in [0.717, 1.165) is 60.9 Å². The van der Waals surface area contributed by atoms with Crippen LogP contribution >= 0.6 is 0 Å². The molecule has 2 aromatic carbocycles. The van der Waals surface area contributed by atoms with Crippen molar-refractivity contribution < 1.29 is 19.7 Å². The fourth-order valence-corrected chi connectivity index (χ4v) is 4.52. The lowest BCUT2D eigenvalue weighted by Gasteiger charge is -2.40. The van der Waals surface area contributed by atoms with Crippen molar-refractivity contribution in [3.8, 4) is 17.2 Å². The first-order valence-electron chi connectivity index (χ1n) is 9.58. The number of phenols is 1. The van der Waals surface area contributed by atoms with Gasteiger partial charge in [0.25, 0.3) is 0 Å². The smallest absolute Gasteiger partial charge is 0.184 e. The standard InChI is InChI=1S/C21H24N2O4/c24-15-5-4-14-12-18(20(25)16(14)13-15)23-8-6-22(7-9-23)17-2-1-3-19-21(17)27-11-10-26-19/h1-5,13,18,20,24-25H,6-12H2/t18-,20+/m0/s1. The van der Waals surface area contributed by atoms with Gasteiger partial charge in [-0.05, 0) is 41.8 Å². The Balaban J connectivity index is 1.29. The molecule has 0 bridgehead atoms. The number of hydrogen-bond donors (Lipinski definition) is 2. The largest absolute Gasteiger partial charge is 0.508 e. The first-order valence-corrected chi connectivity index (χ1v) is 9.58. The number of aliphatic hydroxyl groups is 1. The van der Waals surface area contributed by atoms with Gasteiger partial charge in [0.1, 0.15) is 19.0 Å². The van der Waals surface area contributed by atoms with Crippen LogP contribution in [0.5, 0.6) is 17.2 Å². The molecular formula is C21H24N2O4. The Morgan fingerprint density at radius 2 is 1.78 bits per heavy atom.